The van der Waals surface area contributed by atoms with Crippen LogP contribution in [0.3, 0.4) is 0 Å². The number of aliphatic hydroxyl groups excluding tert-OH is 4. The number of hydrogen-bond donors (Lipinski definition) is 4. The fourth-order valence-corrected chi connectivity index (χ4v) is 6.60. The first-order valence-electron chi connectivity index (χ1n) is 24.7. The molecule has 0 aliphatic rings. The third-order valence-electron chi connectivity index (χ3n) is 10.3. The Hall–Kier alpha value is 0.554. The van der Waals surface area contributed by atoms with Crippen LogP contribution in [0.15, 0.2) is 0 Å². The molecule has 0 saturated carbocycles. The third-order valence-corrected chi connectivity index (χ3v) is 10.3. The fourth-order valence-electron chi connectivity index (χ4n) is 6.60. The number of unbranched alkanes of at least 4 members (excludes halogenated alkanes) is 24. The summed E-state index contributed by atoms with van der Waals surface area (Å²) >= 11 is 0. The molecule has 0 radical (unpaired) electrons. The second kappa shape index (κ2) is 47.6. The summed E-state index contributed by atoms with van der Waals surface area (Å²) in [5.41, 5.74) is 2.04. The van der Waals surface area contributed by atoms with Gasteiger partial charge in [-0.3, -0.25) is 0 Å². The molecule has 0 rings (SSSR count). The fraction of sp³-hybridized carbons (Fsp3) is 1.00. The zero-order valence-electron chi connectivity index (χ0n) is 41.7. The number of hydrogen-bond acceptors (Lipinski definition) is 4. The van der Waals surface area contributed by atoms with E-state index in [4.69, 9.17) is 20.4 Å². The smallest absolute Gasteiger partial charge is 0.0431 e. The van der Waals surface area contributed by atoms with Gasteiger partial charge in [0.15, 0.2) is 0 Å². The summed E-state index contributed by atoms with van der Waals surface area (Å²) < 4.78 is 0. The predicted octanol–water partition coefficient (Wildman–Crippen LogP) is 16.6. The molecule has 0 unspecified atom stereocenters. The molecule has 0 amide bonds. The first-order chi connectivity index (χ1) is 26.2. The molecule has 0 fully saturated rings. The second-order valence-corrected chi connectivity index (χ2v) is 22.0. The third kappa shape index (κ3) is 84.8. The molecular formula is C52H112O4Ti. The van der Waals surface area contributed by atoms with Crippen LogP contribution in [0.25, 0.3) is 0 Å². The molecule has 0 spiro atoms. The number of rotatable bonds is 32. The van der Waals surface area contributed by atoms with Crippen LogP contribution in [-0.4, -0.2) is 46.9 Å². The Morgan fingerprint density at radius 2 is 0.298 bits per heavy atom. The molecule has 348 valence electrons. The second-order valence-electron chi connectivity index (χ2n) is 22.0. The van der Waals surface area contributed by atoms with Gasteiger partial charge in [-0.25, -0.2) is 0 Å². The first-order valence-corrected chi connectivity index (χ1v) is 24.7. The predicted molar refractivity (Wildman–Crippen MR) is 254 cm³/mol. The van der Waals surface area contributed by atoms with Crippen molar-refractivity contribution in [1.29, 1.82) is 0 Å². The van der Waals surface area contributed by atoms with E-state index in [1.807, 2.05) is 0 Å². The van der Waals surface area contributed by atoms with Gasteiger partial charge in [-0.1, -0.05) is 237 Å². The monoisotopic (exact) mass is 849 g/mol. The van der Waals surface area contributed by atoms with Gasteiger partial charge in [0, 0.05) is 48.1 Å². The molecule has 57 heavy (non-hydrogen) atoms. The normalized spacial score (nSPS) is 11.8. The van der Waals surface area contributed by atoms with Crippen molar-refractivity contribution in [2.24, 2.45) is 21.7 Å². The minimum Gasteiger partial charge on any atom is -0.396 e. The van der Waals surface area contributed by atoms with Crippen molar-refractivity contribution in [3.05, 3.63) is 0 Å². The molecule has 0 aliphatic heterocycles. The Morgan fingerprint density at radius 1 is 0.193 bits per heavy atom. The van der Waals surface area contributed by atoms with E-state index in [0.29, 0.717) is 48.1 Å². The van der Waals surface area contributed by atoms with E-state index < -0.39 is 0 Å². The largest absolute Gasteiger partial charge is 0.396 e. The van der Waals surface area contributed by atoms with E-state index in [1.54, 1.807) is 0 Å². The van der Waals surface area contributed by atoms with Gasteiger partial charge in [0.1, 0.15) is 0 Å². The Balaban J connectivity index is -0.000000210. The van der Waals surface area contributed by atoms with Gasteiger partial charge in [0.25, 0.3) is 0 Å². The molecule has 0 aromatic rings. The molecule has 0 saturated heterocycles. The van der Waals surface area contributed by atoms with E-state index in [1.165, 1.54) is 180 Å². The maximum atomic E-state index is 8.60. The van der Waals surface area contributed by atoms with E-state index in [2.05, 4.69) is 83.1 Å². The van der Waals surface area contributed by atoms with E-state index in [-0.39, 0.29) is 21.7 Å². The van der Waals surface area contributed by atoms with Crippen LogP contribution >= 0.6 is 0 Å². The minimum absolute atomic E-state index is 0. The molecule has 0 aliphatic carbocycles. The van der Waals surface area contributed by atoms with Crippen LogP contribution in [0, 0.1) is 21.7 Å². The van der Waals surface area contributed by atoms with Gasteiger partial charge in [-0.15, -0.1) is 0 Å². The summed E-state index contributed by atoms with van der Waals surface area (Å²) in [7, 11) is 0. The summed E-state index contributed by atoms with van der Waals surface area (Å²) in [6, 6.07) is 0. The summed E-state index contributed by atoms with van der Waals surface area (Å²) in [6.07, 6.45) is 41.3. The van der Waals surface area contributed by atoms with Crippen molar-refractivity contribution in [2.45, 2.75) is 289 Å². The van der Waals surface area contributed by atoms with Crippen molar-refractivity contribution >= 4 is 0 Å². The van der Waals surface area contributed by atoms with Gasteiger partial charge in [0.2, 0.25) is 0 Å². The maximum Gasteiger partial charge on any atom is 0.0431 e. The zero-order valence-corrected chi connectivity index (χ0v) is 43.3. The molecule has 0 bridgehead atoms. The van der Waals surface area contributed by atoms with Crippen molar-refractivity contribution in [3.8, 4) is 0 Å². The summed E-state index contributed by atoms with van der Waals surface area (Å²) in [5, 5.41) is 34.4. The van der Waals surface area contributed by atoms with Crippen molar-refractivity contribution in [1.82, 2.24) is 0 Å². The SMILES string of the molecule is CC(C)(C)CCCCCCCCCO.CC(C)(C)CCCCCCCCCO.CC(C)(C)CCCCCCCCCO.CC(C)(C)CCCCCCCCCO.[Ti]. The van der Waals surface area contributed by atoms with E-state index >= 15 is 0 Å². The van der Waals surface area contributed by atoms with Crippen LogP contribution in [0.2, 0.25) is 0 Å². The van der Waals surface area contributed by atoms with Crippen molar-refractivity contribution in [2.75, 3.05) is 26.4 Å². The molecule has 4 N–H and O–H groups in total. The first kappa shape index (κ1) is 66.6. The minimum atomic E-state index is 0. The zero-order chi connectivity index (χ0) is 43.5. The summed E-state index contributed by atoms with van der Waals surface area (Å²) in [6.45, 7) is 29.2. The summed E-state index contributed by atoms with van der Waals surface area (Å²) in [4.78, 5) is 0. The molecule has 5 heteroatoms. The van der Waals surface area contributed by atoms with Gasteiger partial charge < -0.3 is 20.4 Å². The van der Waals surface area contributed by atoms with E-state index in [9.17, 15) is 0 Å². The maximum absolute atomic E-state index is 8.60. The van der Waals surface area contributed by atoms with Crippen molar-refractivity contribution < 1.29 is 42.1 Å². The molecule has 0 aromatic carbocycles. The van der Waals surface area contributed by atoms with Crippen LogP contribution in [-0.2, 0) is 21.7 Å². The number of aliphatic hydroxyl groups is 4. The van der Waals surface area contributed by atoms with Crippen LogP contribution in [0.1, 0.15) is 289 Å². The molecule has 0 atom stereocenters. The van der Waals surface area contributed by atoms with Gasteiger partial charge >= 0.3 is 0 Å². The van der Waals surface area contributed by atoms with Gasteiger partial charge in [0.05, 0.1) is 0 Å². The Kier molecular flexibility index (Phi) is 55.7. The molecule has 0 heterocycles. The van der Waals surface area contributed by atoms with Crippen LogP contribution in [0.5, 0.6) is 0 Å². The Labute approximate surface area is 377 Å². The molecule has 4 nitrogen and oxygen atoms in total. The van der Waals surface area contributed by atoms with Crippen LogP contribution in [0.4, 0.5) is 0 Å². The quantitative estimate of drug-likeness (QED) is 0.0402. The van der Waals surface area contributed by atoms with E-state index in [0.717, 1.165) is 25.7 Å². The standard InChI is InChI=1S/4C13H28O.Ti/c4*1-13(2,3)11-9-7-5-4-6-8-10-12-14;/h4*14H,4-12H2,1-3H3;. The van der Waals surface area contributed by atoms with Crippen LogP contribution < -0.4 is 0 Å². The summed E-state index contributed by atoms with van der Waals surface area (Å²) in [5.74, 6) is 0. The average molecular weight is 849 g/mol. The average Bonchev–Trinajstić information content (AvgIpc) is 3.08. The molecular weight excluding hydrogens is 736 g/mol. The Bertz CT molecular complexity index is 579. The topological polar surface area (TPSA) is 80.9 Å². The Morgan fingerprint density at radius 3 is 0.404 bits per heavy atom. The molecule has 0 aromatic heterocycles. The van der Waals surface area contributed by atoms with Crippen molar-refractivity contribution in [3.63, 3.8) is 0 Å². The van der Waals surface area contributed by atoms with Gasteiger partial charge in [-0.2, -0.15) is 0 Å². The van der Waals surface area contributed by atoms with Gasteiger partial charge in [-0.05, 0) is 73.0 Å².